The molecule has 0 fully saturated rings. The van der Waals surface area contributed by atoms with Gasteiger partial charge in [0.25, 0.3) is 0 Å². The SMILES string of the molecule is CC(C)c1ccc(Cn2cc(-c3ccc(CCC(N)(CO)CO)cc3)nn2)cc1.Cl. The molecule has 7 heteroatoms. The molecule has 3 rings (SSSR count). The maximum absolute atomic E-state index is 9.30. The van der Waals surface area contributed by atoms with Gasteiger partial charge in [0.05, 0.1) is 31.5 Å². The molecule has 0 atom stereocenters. The third-order valence-corrected chi connectivity index (χ3v) is 5.32. The van der Waals surface area contributed by atoms with Crippen LogP contribution in [0.15, 0.2) is 54.7 Å². The smallest absolute Gasteiger partial charge is 0.113 e. The van der Waals surface area contributed by atoms with Crippen LogP contribution in [0.1, 0.15) is 42.9 Å². The summed E-state index contributed by atoms with van der Waals surface area (Å²) < 4.78 is 1.85. The van der Waals surface area contributed by atoms with E-state index in [0.717, 1.165) is 16.8 Å². The number of benzene rings is 2. The van der Waals surface area contributed by atoms with Crippen molar-refractivity contribution in [3.8, 4) is 11.3 Å². The second kappa shape index (κ2) is 10.7. The number of halogens is 1. The van der Waals surface area contributed by atoms with Crippen molar-refractivity contribution in [2.24, 2.45) is 5.73 Å². The molecule has 1 heterocycles. The molecule has 0 aliphatic rings. The summed E-state index contributed by atoms with van der Waals surface area (Å²) in [5.41, 5.74) is 10.4. The fraction of sp³-hybridized carbons (Fsp3) is 0.391. The molecule has 3 aromatic rings. The number of nitrogens with zero attached hydrogens (tertiary/aromatic N) is 3. The standard InChI is InChI=1S/C23H30N4O2.ClH/c1-17(2)20-7-5-19(6-8-20)13-27-14-22(25-26-27)21-9-3-18(4-10-21)11-12-23(24,15-28)16-29;/h3-10,14,17,28-29H,11-13,15-16,24H2,1-2H3;1H. The molecule has 1 aromatic heterocycles. The van der Waals surface area contributed by atoms with E-state index in [1.54, 1.807) is 0 Å². The monoisotopic (exact) mass is 430 g/mol. The third kappa shape index (κ3) is 6.12. The van der Waals surface area contributed by atoms with Crippen molar-refractivity contribution >= 4 is 12.4 Å². The zero-order chi connectivity index (χ0) is 20.9. The number of aromatic nitrogens is 3. The molecule has 2 aromatic carbocycles. The van der Waals surface area contributed by atoms with Gasteiger partial charge in [-0.05, 0) is 35.4 Å². The van der Waals surface area contributed by atoms with Crippen molar-refractivity contribution in [1.82, 2.24) is 15.0 Å². The Kier molecular flexibility index (Phi) is 8.55. The van der Waals surface area contributed by atoms with E-state index in [9.17, 15) is 10.2 Å². The van der Waals surface area contributed by atoms with Gasteiger partial charge in [-0.25, -0.2) is 4.68 Å². The van der Waals surface area contributed by atoms with E-state index in [4.69, 9.17) is 5.73 Å². The fourth-order valence-corrected chi connectivity index (χ4v) is 3.15. The van der Waals surface area contributed by atoms with Gasteiger partial charge in [-0.1, -0.05) is 67.6 Å². The summed E-state index contributed by atoms with van der Waals surface area (Å²) in [6.45, 7) is 4.60. The van der Waals surface area contributed by atoms with Crippen molar-refractivity contribution in [1.29, 1.82) is 0 Å². The van der Waals surface area contributed by atoms with Crippen molar-refractivity contribution in [2.45, 2.75) is 44.7 Å². The largest absolute Gasteiger partial charge is 0.394 e. The van der Waals surface area contributed by atoms with Crippen LogP contribution in [0.2, 0.25) is 0 Å². The normalized spacial score (nSPS) is 11.5. The first-order valence-corrected chi connectivity index (χ1v) is 10.0. The van der Waals surface area contributed by atoms with Crippen LogP contribution in [0.3, 0.4) is 0 Å². The highest BCUT2D eigenvalue weighted by molar-refractivity contribution is 5.85. The maximum Gasteiger partial charge on any atom is 0.113 e. The van der Waals surface area contributed by atoms with Crippen LogP contribution in [-0.2, 0) is 13.0 Å². The zero-order valence-electron chi connectivity index (χ0n) is 17.5. The third-order valence-electron chi connectivity index (χ3n) is 5.32. The van der Waals surface area contributed by atoms with Crippen LogP contribution in [0.5, 0.6) is 0 Å². The minimum Gasteiger partial charge on any atom is -0.394 e. The Balaban J connectivity index is 0.00000320. The number of hydrogen-bond acceptors (Lipinski definition) is 5. The molecule has 0 aliphatic carbocycles. The number of aliphatic hydroxyl groups is 2. The minimum atomic E-state index is -0.936. The topological polar surface area (TPSA) is 97.2 Å². The van der Waals surface area contributed by atoms with Gasteiger partial charge in [-0.2, -0.15) is 0 Å². The molecule has 0 unspecified atom stereocenters. The molecule has 162 valence electrons. The Morgan fingerprint density at radius 3 is 2.13 bits per heavy atom. The molecule has 6 nitrogen and oxygen atoms in total. The lowest BCUT2D eigenvalue weighted by molar-refractivity contribution is 0.115. The molecule has 0 aliphatic heterocycles. The van der Waals surface area contributed by atoms with Gasteiger partial charge >= 0.3 is 0 Å². The van der Waals surface area contributed by atoms with Crippen LogP contribution in [-0.4, -0.2) is 44.0 Å². The highest BCUT2D eigenvalue weighted by atomic mass is 35.5. The Hall–Kier alpha value is -2.25. The average Bonchev–Trinajstić information content (AvgIpc) is 3.21. The molecule has 0 radical (unpaired) electrons. The van der Waals surface area contributed by atoms with Gasteiger partial charge in [-0.15, -0.1) is 17.5 Å². The summed E-state index contributed by atoms with van der Waals surface area (Å²) in [4.78, 5) is 0. The van der Waals surface area contributed by atoms with E-state index in [0.29, 0.717) is 25.3 Å². The lowest BCUT2D eigenvalue weighted by Gasteiger charge is -2.24. The Morgan fingerprint density at radius 1 is 0.967 bits per heavy atom. The van der Waals surface area contributed by atoms with Crippen LogP contribution in [0, 0.1) is 0 Å². The number of aryl methyl sites for hydroxylation is 1. The van der Waals surface area contributed by atoms with Gasteiger partial charge in [0.1, 0.15) is 5.69 Å². The summed E-state index contributed by atoms with van der Waals surface area (Å²) in [6, 6.07) is 16.7. The van der Waals surface area contributed by atoms with Crippen LogP contribution in [0.4, 0.5) is 0 Å². The molecule has 30 heavy (non-hydrogen) atoms. The minimum absolute atomic E-state index is 0. The van der Waals surface area contributed by atoms with Crippen molar-refractivity contribution < 1.29 is 10.2 Å². The van der Waals surface area contributed by atoms with Crippen molar-refractivity contribution in [3.63, 3.8) is 0 Å². The fourth-order valence-electron chi connectivity index (χ4n) is 3.15. The van der Waals surface area contributed by atoms with Gasteiger partial charge < -0.3 is 15.9 Å². The lowest BCUT2D eigenvalue weighted by atomic mass is 9.93. The second-order valence-corrected chi connectivity index (χ2v) is 8.07. The molecule has 0 spiro atoms. The average molecular weight is 431 g/mol. The number of nitrogens with two attached hydrogens (primary N) is 1. The molecule has 4 N–H and O–H groups in total. The number of aliphatic hydroxyl groups excluding tert-OH is 2. The molecule has 0 amide bonds. The highest BCUT2D eigenvalue weighted by Gasteiger charge is 2.22. The van der Waals surface area contributed by atoms with Gasteiger partial charge in [0.15, 0.2) is 0 Å². The van der Waals surface area contributed by atoms with E-state index < -0.39 is 5.54 Å². The van der Waals surface area contributed by atoms with Crippen molar-refractivity contribution in [2.75, 3.05) is 13.2 Å². The number of rotatable bonds is 9. The Labute approximate surface area is 184 Å². The van der Waals surface area contributed by atoms with E-state index in [1.165, 1.54) is 11.1 Å². The highest BCUT2D eigenvalue weighted by Crippen LogP contribution is 2.20. The maximum atomic E-state index is 9.30. The molecule has 0 saturated carbocycles. The van der Waals surface area contributed by atoms with E-state index in [2.05, 4.69) is 48.4 Å². The van der Waals surface area contributed by atoms with E-state index in [1.807, 2.05) is 35.1 Å². The Bertz CT molecular complexity index is 904. The van der Waals surface area contributed by atoms with Crippen LogP contribution < -0.4 is 5.73 Å². The summed E-state index contributed by atoms with van der Waals surface area (Å²) in [5.74, 6) is 0.526. The first-order valence-electron chi connectivity index (χ1n) is 10.0. The second-order valence-electron chi connectivity index (χ2n) is 8.07. The van der Waals surface area contributed by atoms with E-state index >= 15 is 0 Å². The quantitative estimate of drug-likeness (QED) is 0.484. The first-order chi connectivity index (χ1) is 13.9. The zero-order valence-corrected chi connectivity index (χ0v) is 18.3. The number of hydrogen-bond donors (Lipinski definition) is 3. The predicted octanol–water partition coefficient (Wildman–Crippen LogP) is 3.15. The summed E-state index contributed by atoms with van der Waals surface area (Å²) in [5, 5.41) is 27.1. The molecular weight excluding hydrogens is 400 g/mol. The predicted molar refractivity (Wildman–Crippen MR) is 122 cm³/mol. The summed E-state index contributed by atoms with van der Waals surface area (Å²) in [6.07, 6.45) is 3.16. The molecular formula is C23H31ClN4O2. The first kappa shape index (κ1) is 24.0. The van der Waals surface area contributed by atoms with Crippen LogP contribution in [0.25, 0.3) is 11.3 Å². The molecule has 0 saturated heterocycles. The van der Waals surface area contributed by atoms with Crippen molar-refractivity contribution in [3.05, 3.63) is 71.4 Å². The van der Waals surface area contributed by atoms with Gasteiger partial charge in [-0.3, -0.25) is 0 Å². The van der Waals surface area contributed by atoms with Gasteiger partial charge in [0, 0.05) is 5.56 Å². The summed E-state index contributed by atoms with van der Waals surface area (Å²) >= 11 is 0. The van der Waals surface area contributed by atoms with E-state index in [-0.39, 0.29) is 25.6 Å². The van der Waals surface area contributed by atoms with Gasteiger partial charge in [0.2, 0.25) is 0 Å². The van der Waals surface area contributed by atoms with Crippen LogP contribution >= 0.6 is 12.4 Å². The summed E-state index contributed by atoms with van der Waals surface area (Å²) in [7, 11) is 0. The Morgan fingerprint density at radius 2 is 1.57 bits per heavy atom. The lowest BCUT2D eigenvalue weighted by Crippen LogP contribution is -2.47. The molecule has 0 bridgehead atoms.